The molecule has 0 aliphatic heterocycles. The molecule has 2 atom stereocenters. The van der Waals surface area contributed by atoms with Crippen LogP contribution in [0.4, 0.5) is 5.69 Å². The fourth-order valence-electron chi connectivity index (χ4n) is 2.03. The first-order chi connectivity index (χ1) is 11.4. The first kappa shape index (κ1) is 17.9. The summed E-state index contributed by atoms with van der Waals surface area (Å²) in [5.41, 5.74) is 2.66. The molecule has 24 heavy (non-hydrogen) atoms. The number of hydrogen-bond acceptors (Lipinski definition) is 3. The van der Waals surface area contributed by atoms with E-state index in [1.807, 2.05) is 19.1 Å². The van der Waals surface area contributed by atoms with Gasteiger partial charge in [-0.15, -0.1) is 0 Å². The SMILES string of the molecule is Cc1ccc(NC(=O)C(C)S(=O)Cc2ccc(C(=O)O)cc2)cc1. The second-order valence-electron chi connectivity index (χ2n) is 5.52. The minimum Gasteiger partial charge on any atom is -0.478 e. The number of carbonyl (C=O) groups is 2. The number of carboxylic acids is 1. The maximum atomic E-state index is 12.4. The molecular weight excluding hydrogens is 326 g/mol. The standard InChI is InChI=1S/C18H19NO4S/c1-12-3-9-16(10-4-12)19-17(20)13(2)24(23)11-14-5-7-15(8-6-14)18(21)22/h3-10,13H,11H2,1-2H3,(H,19,20)(H,21,22). The zero-order chi connectivity index (χ0) is 17.7. The average Bonchev–Trinajstić information content (AvgIpc) is 2.56. The summed E-state index contributed by atoms with van der Waals surface area (Å²) in [4.78, 5) is 23.0. The van der Waals surface area contributed by atoms with Crippen molar-refractivity contribution in [3.05, 3.63) is 65.2 Å². The number of benzene rings is 2. The summed E-state index contributed by atoms with van der Waals surface area (Å²) >= 11 is 0. The lowest BCUT2D eigenvalue weighted by atomic mass is 10.1. The van der Waals surface area contributed by atoms with Gasteiger partial charge in [0.05, 0.1) is 5.56 Å². The molecule has 0 spiro atoms. The number of hydrogen-bond donors (Lipinski definition) is 2. The second kappa shape index (κ2) is 7.88. The summed E-state index contributed by atoms with van der Waals surface area (Å²) < 4.78 is 12.4. The summed E-state index contributed by atoms with van der Waals surface area (Å²) in [7, 11) is -1.40. The molecule has 0 heterocycles. The smallest absolute Gasteiger partial charge is 0.335 e. The van der Waals surface area contributed by atoms with E-state index in [4.69, 9.17) is 5.11 Å². The first-order valence-corrected chi connectivity index (χ1v) is 8.82. The molecule has 0 saturated heterocycles. The molecule has 2 unspecified atom stereocenters. The van der Waals surface area contributed by atoms with Gasteiger partial charge >= 0.3 is 5.97 Å². The molecule has 6 heteroatoms. The fraction of sp³-hybridized carbons (Fsp3) is 0.222. The van der Waals surface area contributed by atoms with Gasteiger partial charge < -0.3 is 10.4 Å². The van der Waals surface area contributed by atoms with Gasteiger partial charge in [0.15, 0.2) is 0 Å². The Morgan fingerprint density at radius 1 is 1.08 bits per heavy atom. The molecule has 0 aliphatic carbocycles. The Balaban J connectivity index is 1.96. The predicted octanol–water partition coefficient (Wildman–Crippen LogP) is 2.97. The largest absolute Gasteiger partial charge is 0.478 e. The fourth-order valence-corrected chi connectivity index (χ4v) is 3.10. The van der Waals surface area contributed by atoms with E-state index in [1.54, 1.807) is 31.2 Å². The van der Waals surface area contributed by atoms with Crippen LogP contribution in [0, 0.1) is 6.92 Å². The van der Waals surface area contributed by atoms with Crippen molar-refractivity contribution < 1.29 is 18.9 Å². The van der Waals surface area contributed by atoms with Gasteiger partial charge in [0, 0.05) is 22.2 Å². The maximum absolute atomic E-state index is 12.4. The van der Waals surface area contributed by atoms with E-state index < -0.39 is 22.0 Å². The molecular formula is C18H19NO4S. The van der Waals surface area contributed by atoms with Crippen molar-refractivity contribution in [1.29, 1.82) is 0 Å². The molecule has 0 radical (unpaired) electrons. The Morgan fingerprint density at radius 3 is 2.21 bits per heavy atom. The summed E-state index contributed by atoms with van der Waals surface area (Å²) in [5.74, 6) is -1.12. The van der Waals surface area contributed by atoms with Crippen LogP contribution in [0.1, 0.15) is 28.4 Å². The highest BCUT2D eigenvalue weighted by Gasteiger charge is 2.20. The number of aromatic carboxylic acids is 1. The quantitative estimate of drug-likeness (QED) is 0.843. The van der Waals surface area contributed by atoms with Crippen LogP contribution in [0.25, 0.3) is 0 Å². The predicted molar refractivity (Wildman–Crippen MR) is 94.5 cm³/mol. The van der Waals surface area contributed by atoms with Crippen molar-refractivity contribution in [2.24, 2.45) is 0 Å². The lowest BCUT2D eigenvalue weighted by molar-refractivity contribution is -0.115. The molecule has 1 amide bonds. The van der Waals surface area contributed by atoms with Crippen LogP contribution in [0.3, 0.4) is 0 Å². The normalized spacial score (nSPS) is 13.1. The van der Waals surface area contributed by atoms with Gasteiger partial charge in [-0.1, -0.05) is 29.8 Å². The third kappa shape index (κ3) is 4.76. The lowest BCUT2D eigenvalue weighted by Crippen LogP contribution is -2.29. The molecule has 126 valence electrons. The zero-order valence-electron chi connectivity index (χ0n) is 13.5. The van der Waals surface area contributed by atoms with E-state index >= 15 is 0 Å². The number of carbonyl (C=O) groups excluding carboxylic acids is 1. The van der Waals surface area contributed by atoms with Crippen molar-refractivity contribution in [3.8, 4) is 0 Å². The Labute approximate surface area is 143 Å². The summed E-state index contributed by atoms with van der Waals surface area (Å²) in [6, 6.07) is 13.5. The van der Waals surface area contributed by atoms with Crippen LogP contribution >= 0.6 is 0 Å². The van der Waals surface area contributed by atoms with Gasteiger partial charge in [-0.3, -0.25) is 9.00 Å². The van der Waals surface area contributed by atoms with Gasteiger partial charge in [-0.2, -0.15) is 0 Å². The summed E-state index contributed by atoms with van der Waals surface area (Å²) in [5, 5.41) is 10.9. The number of nitrogens with one attached hydrogen (secondary N) is 1. The van der Waals surface area contributed by atoms with E-state index in [9.17, 15) is 13.8 Å². The number of carboxylic acid groups (broad SMARTS) is 1. The molecule has 2 aromatic rings. The minimum absolute atomic E-state index is 0.176. The van der Waals surface area contributed by atoms with Crippen LogP contribution < -0.4 is 5.32 Å². The van der Waals surface area contributed by atoms with Crippen LogP contribution in [-0.4, -0.2) is 26.4 Å². The average molecular weight is 345 g/mol. The Kier molecular flexibility index (Phi) is 5.87. The topological polar surface area (TPSA) is 83.5 Å². The highest BCUT2D eigenvalue weighted by molar-refractivity contribution is 7.85. The molecule has 2 aromatic carbocycles. The van der Waals surface area contributed by atoms with Crippen molar-refractivity contribution in [2.75, 3.05) is 5.32 Å². The van der Waals surface area contributed by atoms with Crippen LogP contribution in [0.5, 0.6) is 0 Å². The van der Waals surface area contributed by atoms with E-state index in [-0.39, 0.29) is 17.2 Å². The lowest BCUT2D eigenvalue weighted by Gasteiger charge is -2.12. The molecule has 2 N–H and O–H groups in total. The Morgan fingerprint density at radius 2 is 1.67 bits per heavy atom. The third-order valence-electron chi connectivity index (χ3n) is 3.59. The molecule has 5 nitrogen and oxygen atoms in total. The van der Waals surface area contributed by atoms with Gasteiger partial charge in [0.2, 0.25) is 5.91 Å². The molecule has 2 rings (SSSR count). The Hall–Kier alpha value is -2.47. The van der Waals surface area contributed by atoms with E-state index in [1.165, 1.54) is 12.1 Å². The van der Waals surface area contributed by atoms with Crippen molar-refractivity contribution >= 4 is 28.4 Å². The third-order valence-corrected chi connectivity index (χ3v) is 5.21. The highest BCUT2D eigenvalue weighted by atomic mass is 32.2. The number of aryl methyl sites for hydroxylation is 1. The number of anilines is 1. The molecule has 0 bridgehead atoms. The molecule has 0 saturated carbocycles. The van der Waals surface area contributed by atoms with Crippen LogP contribution in [0.15, 0.2) is 48.5 Å². The van der Waals surface area contributed by atoms with Crippen molar-refractivity contribution in [2.45, 2.75) is 24.9 Å². The first-order valence-electron chi connectivity index (χ1n) is 7.44. The zero-order valence-corrected chi connectivity index (χ0v) is 14.3. The minimum atomic E-state index is -1.40. The van der Waals surface area contributed by atoms with E-state index in [0.29, 0.717) is 5.69 Å². The summed E-state index contributed by atoms with van der Waals surface area (Å²) in [6.45, 7) is 3.57. The van der Waals surface area contributed by atoms with Gasteiger partial charge in [-0.25, -0.2) is 4.79 Å². The van der Waals surface area contributed by atoms with E-state index in [0.717, 1.165) is 11.1 Å². The summed E-state index contributed by atoms with van der Waals surface area (Å²) in [6.07, 6.45) is 0. The van der Waals surface area contributed by atoms with Gasteiger partial charge in [-0.05, 0) is 43.7 Å². The van der Waals surface area contributed by atoms with Crippen molar-refractivity contribution in [3.63, 3.8) is 0 Å². The molecule has 0 aromatic heterocycles. The van der Waals surface area contributed by atoms with Crippen LogP contribution in [0.2, 0.25) is 0 Å². The van der Waals surface area contributed by atoms with Crippen LogP contribution in [-0.2, 0) is 21.3 Å². The van der Waals surface area contributed by atoms with Gasteiger partial charge in [0.1, 0.15) is 5.25 Å². The second-order valence-corrected chi connectivity index (χ2v) is 7.28. The number of amides is 1. The van der Waals surface area contributed by atoms with Crippen molar-refractivity contribution in [1.82, 2.24) is 0 Å². The van der Waals surface area contributed by atoms with Gasteiger partial charge in [0.25, 0.3) is 0 Å². The molecule has 0 fully saturated rings. The number of rotatable bonds is 6. The maximum Gasteiger partial charge on any atom is 0.335 e. The van der Waals surface area contributed by atoms with E-state index in [2.05, 4.69) is 5.32 Å². The molecule has 0 aliphatic rings. The Bertz CT molecular complexity index is 754. The monoisotopic (exact) mass is 345 g/mol. The highest BCUT2D eigenvalue weighted by Crippen LogP contribution is 2.13.